The molecule has 0 radical (unpaired) electrons. The molecule has 33 heavy (non-hydrogen) atoms. The number of hydrogen-bond donors (Lipinski definition) is 0. The zero-order chi connectivity index (χ0) is 23.1. The van der Waals surface area contributed by atoms with E-state index in [4.69, 9.17) is 4.28 Å². The van der Waals surface area contributed by atoms with Gasteiger partial charge >= 0.3 is 10.1 Å². The molecule has 0 atom stereocenters. The van der Waals surface area contributed by atoms with E-state index >= 15 is 0 Å². The van der Waals surface area contributed by atoms with E-state index < -0.39 is 21.9 Å². The van der Waals surface area contributed by atoms with Crippen molar-refractivity contribution in [3.8, 4) is 0 Å². The van der Waals surface area contributed by atoms with Crippen LogP contribution in [0.2, 0.25) is 0 Å². The second-order valence-corrected chi connectivity index (χ2v) is 9.31. The summed E-state index contributed by atoms with van der Waals surface area (Å²) in [5.74, 6) is -1.99. The van der Waals surface area contributed by atoms with Crippen LogP contribution in [0.15, 0.2) is 71.6 Å². The molecule has 0 bridgehead atoms. The number of carbonyl (C=O) groups is 3. The van der Waals surface area contributed by atoms with E-state index in [0.717, 1.165) is 0 Å². The molecule has 0 spiro atoms. The number of nitrogens with zero attached hydrogens (tertiary/aromatic N) is 2. The van der Waals surface area contributed by atoms with Crippen LogP contribution in [-0.4, -0.2) is 38.3 Å². The fourth-order valence-corrected chi connectivity index (χ4v) is 5.63. The van der Waals surface area contributed by atoms with Gasteiger partial charge in [-0.2, -0.15) is 8.42 Å². The highest BCUT2D eigenvalue weighted by molar-refractivity contribution is 7.87. The highest BCUT2D eigenvalue weighted by Crippen LogP contribution is 2.40. The van der Waals surface area contributed by atoms with Gasteiger partial charge in [-0.1, -0.05) is 36.4 Å². The first kappa shape index (κ1) is 19.6. The third kappa shape index (κ3) is 2.54. The number of hydrogen-bond acceptors (Lipinski definition) is 6. The summed E-state index contributed by atoms with van der Waals surface area (Å²) in [6.45, 7) is 0. The lowest BCUT2D eigenvalue weighted by Gasteiger charge is -2.25. The molecule has 162 valence electrons. The van der Waals surface area contributed by atoms with Crippen molar-refractivity contribution in [1.29, 1.82) is 0 Å². The maximum Gasteiger partial charge on any atom is 0.318 e. The first-order chi connectivity index (χ1) is 15.8. The van der Waals surface area contributed by atoms with E-state index in [9.17, 15) is 22.8 Å². The molecular weight excluding hydrogens is 444 g/mol. The summed E-state index contributed by atoms with van der Waals surface area (Å²) in [4.78, 5) is 39.8. The lowest BCUT2D eigenvalue weighted by atomic mass is 9.95. The van der Waals surface area contributed by atoms with Crippen LogP contribution >= 0.6 is 0 Å². The standard InChI is InChI=1S/C24H14N2O6S/c1-25-18-11-12-19(14-7-4-10-17(21(14)18)22(25)27)33(30,31)32-26-23(28)15-8-2-5-13-6-3-9-16(20(13)15)24(26)29/h2-12H,1H3. The molecule has 9 heteroatoms. The minimum atomic E-state index is -4.61. The highest BCUT2D eigenvalue weighted by atomic mass is 32.2. The quantitative estimate of drug-likeness (QED) is 0.436. The largest absolute Gasteiger partial charge is 0.318 e. The van der Waals surface area contributed by atoms with Crippen LogP contribution < -0.4 is 4.90 Å². The summed E-state index contributed by atoms with van der Waals surface area (Å²) in [7, 11) is -3.01. The Labute approximate surface area is 187 Å². The Kier molecular flexibility index (Phi) is 3.84. The number of benzene rings is 4. The van der Waals surface area contributed by atoms with Crippen molar-refractivity contribution in [2.75, 3.05) is 11.9 Å². The van der Waals surface area contributed by atoms with Crippen molar-refractivity contribution < 1.29 is 27.1 Å². The molecule has 0 unspecified atom stereocenters. The van der Waals surface area contributed by atoms with Gasteiger partial charge in [0.1, 0.15) is 4.90 Å². The molecule has 2 aliphatic rings. The Hall–Kier alpha value is -4.08. The second kappa shape index (κ2) is 6.47. The zero-order valence-electron chi connectivity index (χ0n) is 17.1. The lowest BCUT2D eigenvalue weighted by Crippen LogP contribution is -2.41. The number of imide groups is 1. The third-order valence-corrected chi connectivity index (χ3v) is 7.29. The molecule has 0 aliphatic carbocycles. The third-order valence-electron chi connectivity index (χ3n) is 6.05. The number of anilines is 1. The molecule has 0 aromatic heterocycles. The summed E-state index contributed by atoms with van der Waals surface area (Å²) < 4.78 is 31.7. The smallest absolute Gasteiger partial charge is 0.311 e. The van der Waals surface area contributed by atoms with E-state index in [1.807, 2.05) is 0 Å². The lowest BCUT2D eigenvalue weighted by molar-refractivity contribution is -0.0154. The number of amides is 3. The molecular formula is C24H14N2O6S. The van der Waals surface area contributed by atoms with E-state index in [-0.39, 0.29) is 32.4 Å². The van der Waals surface area contributed by atoms with Gasteiger partial charge in [-0.05, 0) is 35.7 Å². The fraction of sp³-hybridized carbons (Fsp3) is 0.0417. The molecule has 4 aromatic carbocycles. The Balaban J connectivity index is 1.48. The van der Waals surface area contributed by atoms with Gasteiger partial charge in [0.15, 0.2) is 0 Å². The SMILES string of the molecule is CN1C(=O)c2cccc3c(S(=O)(=O)ON4C(=O)c5cccc6cccc(c56)C4=O)ccc1c23. The fourth-order valence-electron chi connectivity index (χ4n) is 4.54. The number of carbonyl (C=O) groups excluding carboxylic acids is 3. The molecule has 3 amide bonds. The minimum absolute atomic E-state index is 0.172. The topological polar surface area (TPSA) is 101 Å². The Morgan fingerprint density at radius 1 is 0.697 bits per heavy atom. The number of hydroxylamine groups is 2. The first-order valence-electron chi connectivity index (χ1n) is 9.98. The van der Waals surface area contributed by atoms with E-state index in [0.29, 0.717) is 27.4 Å². The van der Waals surface area contributed by atoms with Gasteiger partial charge in [-0.25, -0.2) is 0 Å². The van der Waals surface area contributed by atoms with E-state index in [2.05, 4.69) is 0 Å². The van der Waals surface area contributed by atoms with Gasteiger partial charge in [-0.3, -0.25) is 14.4 Å². The molecule has 4 aromatic rings. The van der Waals surface area contributed by atoms with Gasteiger partial charge in [0.25, 0.3) is 17.7 Å². The summed E-state index contributed by atoms with van der Waals surface area (Å²) in [5, 5.41) is 2.17. The summed E-state index contributed by atoms with van der Waals surface area (Å²) in [5.41, 5.74) is 1.28. The molecule has 2 heterocycles. The van der Waals surface area contributed by atoms with Crippen LogP contribution in [0.1, 0.15) is 31.1 Å². The molecule has 8 nitrogen and oxygen atoms in total. The van der Waals surface area contributed by atoms with Crippen LogP contribution in [0.4, 0.5) is 5.69 Å². The highest BCUT2D eigenvalue weighted by Gasteiger charge is 2.39. The van der Waals surface area contributed by atoms with Gasteiger partial charge < -0.3 is 4.90 Å². The van der Waals surface area contributed by atoms with Crippen LogP contribution in [0.25, 0.3) is 21.5 Å². The average Bonchev–Trinajstić information content (AvgIpc) is 3.07. The molecule has 0 fully saturated rings. The van der Waals surface area contributed by atoms with Crippen molar-refractivity contribution in [2.24, 2.45) is 0 Å². The first-order valence-corrected chi connectivity index (χ1v) is 11.4. The van der Waals surface area contributed by atoms with Crippen molar-refractivity contribution in [1.82, 2.24) is 5.06 Å². The predicted molar refractivity (Wildman–Crippen MR) is 119 cm³/mol. The van der Waals surface area contributed by atoms with Crippen LogP contribution in [0, 0.1) is 0 Å². The average molecular weight is 458 g/mol. The van der Waals surface area contributed by atoms with E-state index in [1.165, 1.54) is 29.2 Å². The zero-order valence-corrected chi connectivity index (χ0v) is 17.9. The van der Waals surface area contributed by atoms with E-state index in [1.54, 1.807) is 49.5 Å². The minimum Gasteiger partial charge on any atom is -0.311 e. The van der Waals surface area contributed by atoms with Crippen molar-refractivity contribution in [2.45, 2.75) is 4.90 Å². The predicted octanol–water partition coefficient (Wildman–Crippen LogP) is 3.50. The van der Waals surface area contributed by atoms with Crippen molar-refractivity contribution in [3.63, 3.8) is 0 Å². The van der Waals surface area contributed by atoms with Crippen LogP contribution in [0.5, 0.6) is 0 Å². The second-order valence-electron chi connectivity index (χ2n) is 7.82. The maximum absolute atomic E-state index is 13.3. The van der Waals surface area contributed by atoms with Crippen LogP contribution in [-0.2, 0) is 14.4 Å². The Morgan fingerprint density at radius 2 is 1.27 bits per heavy atom. The van der Waals surface area contributed by atoms with Gasteiger partial charge in [-0.15, -0.1) is 9.35 Å². The van der Waals surface area contributed by atoms with Crippen molar-refractivity contribution >= 4 is 55.1 Å². The summed E-state index contributed by atoms with van der Waals surface area (Å²) >= 11 is 0. The summed E-state index contributed by atoms with van der Waals surface area (Å²) in [6, 6.07) is 17.4. The van der Waals surface area contributed by atoms with Gasteiger partial charge in [0, 0.05) is 28.8 Å². The van der Waals surface area contributed by atoms with Gasteiger partial charge in [0.05, 0.1) is 16.8 Å². The normalized spacial score (nSPS) is 15.2. The Morgan fingerprint density at radius 3 is 1.91 bits per heavy atom. The molecule has 6 rings (SSSR count). The molecule has 2 aliphatic heterocycles. The summed E-state index contributed by atoms with van der Waals surface area (Å²) in [6.07, 6.45) is 0. The molecule has 0 saturated heterocycles. The number of rotatable bonds is 3. The van der Waals surface area contributed by atoms with Gasteiger partial charge in [0.2, 0.25) is 0 Å². The van der Waals surface area contributed by atoms with Crippen molar-refractivity contribution in [3.05, 3.63) is 83.4 Å². The van der Waals surface area contributed by atoms with Crippen LogP contribution in [0.3, 0.4) is 0 Å². The molecule has 0 saturated carbocycles. The maximum atomic E-state index is 13.3. The monoisotopic (exact) mass is 458 g/mol. The molecule has 0 N–H and O–H groups in total. The Bertz CT molecular complexity index is 1640.